The summed E-state index contributed by atoms with van der Waals surface area (Å²) < 4.78 is 0. The molecule has 0 spiro atoms. The summed E-state index contributed by atoms with van der Waals surface area (Å²) >= 11 is 0. The Labute approximate surface area is 61.1 Å². The SMILES string of the molecule is CC1C2C=CC(=O)C1C2C. The highest BCUT2D eigenvalue weighted by Gasteiger charge is 2.49. The number of hydrogen-bond acceptors (Lipinski definition) is 1. The number of ketones is 1. The van der Waals surface area contributed by atoms with Crippen molar-refractivity contribution >= 4 is 5.78 Å². The van der Waals surface area contributed by atoms with E-state index < -0.39 is 0 Å². The summed E-state index contributed by atoms with van der Waals surface area (Å²) in [5.41, 5.74) is 0. The second-order valence-electron chi connectivity index (χ2n) is 3.58. The molecule has 0 aliphatic heterocycles. The van der Waals surface area contributed by atoms with E-state index in [9.17, 15) is 4.79 Å². The fraction of sp³-hybridized carbons (Fsp3) is 0.667. The van der Waals surface area contributed by atoms with Gasteiger partial charge in [-0.2, -0.15) is 0 Å². The fourth-order valence-electron chi connectivity index (χ4n) is 2.48. The summed E-state index contributed by atoms with van der Waals surface area (Å²) in [4.78, 5) is 11.2. The van der Waals surface area contributed by atoms with Gasteiger partial charge in [-0.1, -0.05) is 19.9 Å². The quantitative estimate of drug-likeness (QED) is 0.495. The van der Waals surface area contributed by atoms with Gasteiger partial charge in [-0.15, -0.1) is 0 Å². The third kappa shape index (κ3) is 0.511. The van der Waals surface area contributed by atoms with Crippen LogP contribution < -0.4 is 0 Å². The monoisotopic (exact) mass is 136 g/mol. The van der Waals surface area contributed by atoms with Crippen molar-refractivity contribution in [1.29, 1.82) is 0 Å². The lowest BCUT2D eigenvalue weighted by Gasteiger charge is -2.49. The summed E-state index contributed by atoms with van der Waals surface area (Å²) in [6.45, 7) is 4.35. The highest BCUT2D eigenvalue weighted by molar-refractivity contribution is 5.94. The molecule has 1 heteroatoms. The molecule has 0 N–H and O–H groups in total. The van der Waals surface area contributed by atoms with Crippen LogP contribution in [-0.4, -0.2) is 5.78 Å². The molecule has 10 heavy (non-hydrogen) atoms. The van der Waals surface area contributed by atoms with Crippen LogP contribution >= 0.6 is 0 Å². The number of carbonyl (C=O) groups is 1. The Morgan fingerprint density at radius 2 is 1.90 bits per heavy atom. The number of rotatable bonds is 0. The van der Waals surface area contributed by atoms with E-state index in [4.69, 9.17) is 0 Å². The Morgan fingerprint density at radius 3 is 2.20 bits per heavy atom. The van der Waals surface area contributed by atoms with Crippen LogP contribution in [0, 0.1) is 23.7 Å². The normalized spacial score (nSPS) is 50.8. The average Bonchev–Trinajstić information content (AvgIpc) is 1.88. The van der Waals surface area contributed by atoms with E-state index in [1.54, 1.807) is 6.08 Å². The van der Waals surface area contributed by atoms with Gasteiger partial charge >= 0.3 is 0 Å². The van der Waals surface area contributed by atoms with Gasteiger partial charge < -0.3 is 0 Å². The van der Waals surface area contributed by atoms with E-state index >= 15 is 0 Å². The first kappa shape index (κ1) is 6.14. The molecule has 0 saturated heterocycles. The van der Waals surface area contributed by atoms with E-state index in [0.29, 0.717) is 29.5 Å². The predicted molar refractivity (Wildman–Crippen MR) is 39.5 cm³/mol. The lowest BCUT2D eigenvalue weighted by atomic mass is 9.54. The summed E-state index contributed by atoms with van der Waals surface area (Å²) in [5, 5.41) is 0. The standard InChI is InChI=1S/C9H12O/c1-5-7-3-4-8(10)9(5)6(7)2/h3-7,9H,1-2H3. The molecule has 0 aromatic rings. The van der Waals surface area contributed by atoms with Crippen molar-refractivity contribution in [2.75, 3.05) is 0 Å². The smallest absolute Gasteiger partial charge is 0.159 e. The summed E-state index contributed by atoms with van der Waals surface area (Å²) in [5.74, 6) is 2.64. The second-order valence-corrected chi connectivity index (χ2v) is 3.58. The first-order valence-electron chi connectivity index (χ1n) is 3.94. The molecule has 2 atom stereocenters. The lowest BCUT2D eigenvalue weighted by Crippen LogP contribution is -2.49. The molecular formula is C9H12O. The van der Waals surface area contributed by atoms with E-state index in [0.717, 1.165) is 0 Å². The molecule has 3 aliphatic carbocycles. The molecule has 0 amide bonds. The molecule has 1 nitrogen and oxygen atoms in total. The van der Waals surface area contributed by atoms with Gasteiger partial charge in [0.15, 0.2) is 5.78 Å². The van der Waals surface area contributed by atoms with Gasteiger partial charge in [0, 0.05) is 5.92 Å². The van der Waals surface area contributed by atoms with Gasteiger partial charge in [-0.3, -0.25) is 4.79 Å². The van der Waals surface area contributed by atoms with Crippen molar-refractivity contribution in [3.05, 3.63) is 12.2 Å². The predicted octanol–water partition coefficient (Wildman–Crippen LogP) is 1.64. The maximum absolute atomic E-state index is 11.2. The second kappa shape index (κ2) is 1.71. The molecule has 1 fully saturated rings. The minimum atomic E-state index is 0.350. The van der Waals surface area contributed by atoms with Crippen LogP contribution in [0.5, 0.6) is 0 Å². The van der Waals surface area contributed by atoms with Crippen LogP contribution in [0.1, 0.15) is 13.8 Å². The van der Waals surface area contributed by atoms with Crippen LogP contribution in [0.25, 0.3) is 0 Å². The van der Waals surface area contributed by atoms with E-state index in [-0.39, 0.29) is 0 Å². The minimum absolute atomic E-state index is 0.350. The van der Waals surface area contributed by atoms with Crippen molar-refractivity contribution in [1.82, 2.24) is 0 Å². The largest absolute Gasteiger partial charge is 0.295 e. The highest BCUT2D eigenvalue weighted by Crippen LogP contribution is 2.49. The zero-order chi connectivity index (χ0) is 7.30. The van der Waals surface area contributed by atoms with Crippen LogP contribution in [0.3, 0.4) is 0 Å². The molecule has 1 saturated carbocycles. The topological polar surface area (TPSA) is 17.1 Å². The zero-order valence-electron chi connectivity index (χ0n) is 6.37. The molecule has 3 aliphatic rings. The van der Waals surface area contributed by atoms with E-state index in [1.807, 2.05) is 0 Å². The zero-order valence-corrected chi connectivity index (χ0v) is 6.37. The lowest BCUT2D eigenvalue weighted by molar-refractivity contribution is -0.131. The molecule has 0 heterocycles. The molecule has 54 valence electrons. The highest BCUT2D eigenvalue weighted by atomic mass is 16.1. The van der Waals surface area contributed by atoms with Gasteiger partial charge in [0.25, 0.3) is 0 Å². The van der Waals surface area contributed by atoms with Crippen molar-refractivity contribution in [2.45, 2.75) is 13.8 Å². The van der Waals surface area contributed by atoms with Crippen molar-refractivity contribution in [3.63, 3.8) is 0 Å². The summed E-state index contributed by atoms with van der Waals surface area (Å²) in [7, 11) is 0. The van der Waals surface area contributed by atoms with Gasteiger partial charge in [-0.25, -0.2) is 0 Å². The van der Waals surface area contributed by atoms with Crippen molar-refractivity contribution in [3.8, 4) is 0 Å². The number of allylic oxidation sites excluding steroid dienone is 2. The number of fused-ring (bicyclic) bond motifs is 1. The Bertz CT molecular complexity index is 195. The van der Waals surface area contributed by atoms with Crippen molar-refractivity contribution in [2.24, 2.45) is 23.7 Å². The van der Waals surface area contributed by atoms with E-state index in [1.165, 1.54) is 0 Å². The Kier molecular flexibility index (Phi) is 1.05. The molecule has 0 aromatic heterocycles. The third-order valence-electron chi connectivity index (χ3n) is 3.16. The first-order valence-corrected chi connectivity index (χ1v) is 3.94. The number of carbonyl (C=O) groups excluding carboxylic acids is 1. The van der Waals surface area contributed by atoms with Gasteiger partial charge in [0.05, 0.1) is 0 Å². The third-order valence-corrected chi connectivity index (χ3v) is 3.16. The Morgan fingerprint density at radius 1 is 1.30 bits per heavy atom. The van der Waals surface area contributed by atoms with Crippen LogP contribution in [0.4, 0.5) is 0 Å². The Balaban J connectivity index is 2.32. The first-order chi connectivity index (χ1) is 4.72. The fourth-order valence-corrected chi connectivity index (χ4v) is 2.48. The molecule has 0 radical (unpaired) electrons. The maximum atomic E-state index is 11.2. The average molecular weight is 136 g/mol. The van der Waals surface area contributed by atoms with Crippen LogP contribution in [0.15, 0.2) is 12.2 Å². The minimum Gasteiger partial charge on any atom is -0.295 e. The molecule has 2 bridgehead atoms. The number of hydrogen-bond donors (Lipinski definition) is 0. The molecule has 0 aromatic carbocycles. The van der Waals surface area contributed by atoms with E-state index in [2.05, 4.69) is 19.9 Å². The molecule has 2 unspecified atom stereocenters. The van der Waals surface area contributed by atoms with Gasteiger partial charge in [0.1, 0.15) is 0 Å². The molecule has 3 rings (SSSR count). The Hall–Kier alpha value is -0.590. The summed E-state index contributed by atoms with van der Waals surface area (Å²) in [6, 6.07) is 0. The maximum Gasteiger partial charge on any atom is 0.159 e. The van der Waals surface area contributed by atoms with Gasteiger partial charge in [0.2, 0.25) is 0 Å². The van der Waals surface area contributed by atoms with Crippen molar-refractivity contribution < 1.29 is 4.79 Å². The summed E-state index contributed by atoms with van der Waals surface area (Å²) in [6.07, 6.45) is 3.84. The molecular weight excluding hydrogens is 124 g/mol. The van der Waals surface area contributed by atoms with Gasteiger partial charge in [-0.05, 0) is 23.8 Å². The van der Waals surface area contributed by atoms with Crippen LogP contribution in [0.2, 0.25) is 0 Å². The van der Waals surface area contributed by atoms with Crippen LogP contribution in [-0.2, 0) is 4.79 Å².